The second-order valence-corrected chi connectivity index (χ2v) is 3.70. The van der Waals surface area contributed by atoms with Crippen molar-refractivity contribution in [3.05, 3.63) is 53.3 Å². The van der Waals surface area contributed by atoms with Crippen molar-refractivity contribution in [3.8, 4) is 11.8 Å². The zero-order chi connectivity index (χ0) is 13.2. The minimum Gasteiger partial charge on any atom is -0.451 e. The van der Waals surface area contributed by atoms with Crippen LogP contribution in [0.15, 0.2) is 47.7 Å². The van der Waals surface area contributed by atoms with E-state index < -0.39 is 5.97 Å². The van der Waals surface area contributed by atoms with Crippen LogP contribution in [0.5, 0.6) is 0 Å². The number of ether oxygens (including phenoxy) is 1. The molecule has 0 amide bonds. The number of hydrogen-bond donors (Lipinski definition) is 0. The first-order valence-electron chi connectivity index (χ1n) is 5.87. The van der Waals surface area contributed by atoms with E-state index in [2.05, 4.69) is 17.6 Å². The molecule has 0 saturated carbocycles. The molecule has 1 aromatic carbocycles. The zero-order valence-corrected chi connectivity index (χ0v) is 10.7. The summed E-state index contributed by atoms with van der Waals surface area (Å²) < 4.78 is 4.91. The topological polar surface area (TPSA) is 26.3 Å². The molecular formula is C16H16O2. The number of benzene rings is 1. The normalized spacial score (nSPS) is 8.56. The van der Waals surface area contributed by atoms with Crippen molar-refractivity contribution in [1.29, 1.82) is 0 Å². The molecule has 0 spiro atoms. The standard InChI is InChI=1S/C16H16O2/c1-3-14(2)8-7-13-18-16(17)12-11-15-9-5-4-6-10-15/h4-7,9-10H,3,13H2,1-2H3. The quantitative estimate of drug-likeness (QED) is 0.461. The molecule has 0 aliphatic heterocycles. The number of carbonyl (C=O) groups excluding carboxylic acids is 1. The van der Waals surface area contributed by atoms with Crippen LogP contribution in [-0.2, 0) is 9.53 Å². The molecule has 2 nitrogen and oxygen atoms in total. The van der Waals surface area contributed by atoms with Gasteiger partial charge in [-0.05, 0) is 37.1 Å². The second kappa shape index (κ2) is 7.95. The summed E-state index contributed by atoms with van der Waals surface area (Å²) in [5, 5.41) is 0. The van der Waals surface area contributed by atoms with E-state index in [0.29, 0.717) is 0 Å². The van der Waals surface area contributed by atoms with E-state index >= 15 is 0 Å². The van der Waals surface area contributed by atoms with E-state index in [1.165, 1.54) is 0 Å². The highest BCUT2D eigenvalue weighted by atomic mass is 16.5. The predicted molar refractivity (Wildman–Crippen MR) is 71.8 cm³/mol. The Balaban J connectivity index is 2.44. The molecule has 2 heteroatoms. The average Bonchev–Trinajstić information content (AvgIpc) is 2.42. The highest BCUT2D eigenvalue weighted by molar-refractivity contribution is 5.89. The predicted octanol–water partition coefficient (Wildman–Crippen LogP) is 3.09. The van der Waals surface area contributed by atoms with Crippen molar-refractivity contribution < 1.29 is 9.53 Å². The number of hydrogen-bond acceptors (Lipinski definition) is 2. The van der Waals surface area contributed by atoms with Gasteiger partial charge in [0.05, 0.1) is 0 Å². The summed E-state index contributed by atoms with van der Waals surface area (Å²) in [4.78, 5) is 11.3. The van der Waals surface area contributed by atoms with Gasteiger partial charge in [0.15, 0.2) is 0 Å². The Morgan fingerprint density at radius 3 is 2.72 bits per heavy atom. The van der Waals surface area contributed by atoms with E-state index in [1.807, 2.05) is 44.2 Å². The highest BCUT2D eigenvalue weighted by Crippen LogP contribution is 1.95. The van der Waals surface area contributed by atoms with Gasteiger partial charge in [0.1, 0.15) is 6.61 Å². The van der Waals surface area contributed by atoms with Crippen LogP contribution in [0, 0.1) is 11.8 Å². The molecule has 0 unspecified atom stereocenters. The molecule has 1 aromatic rings. The highest BCUT2D eigenvalue weighted by Gasteiger charge is 1.93. The third-order valence-electron chi connectivity index (χ3n) is 2.26. The molecule has 18 heavy (non-hydrogen) atoms. The number of carbonyl (C=O) groups is 1. The first kappa shape index (κ1) is 13.8. The van der Waals surface area contributed by atoms with E-state index in [0.717, 1.165) is 17.6 Å². The van der Waals surface area contributed by atoms with E-state index in [4.69, 9.17) is 4.74 Å². The lowest BCUT2D eigenvalue weighted by Crippen LogP contribution is -2.00. The first-order valence-corrected chi connectivity index (χ1v) is 5.87. The second-order valence-electron chi connectivity index (χ2n) is 3.70. The maximum Gasteiger partial charge on any atom is 0.385 e. The third kappa shape index (κ3) is 5.75. The Bertz CT molecular complexity index is 509. The third-order valence-corrected chi connectivity index (χ3v) is 2.26. The van der Waals surface area contributed by atoms with Gasteiger partial charge in [-0.3, -0.25) is 0 Å². The fourth-order valence-corrected chi connectivity index (χ4v) is 1.12. The van der Waals surface area contributed by atoms with Gasteiger partial charge < -0.3 is 4.74 Å². The molecule has 0 atom stereocenters. The van der Waals surface area contributed by atoms with E-state index in [-0.39, 0.29) is 6.61 Å². The largest absolute Gasteiger partial charge is 0.451 e. The Labute approximate surface area is 108 Å². The smallest absolute Gasteiger partial charge is 0.385 e. The molecule has 0 heterocycles. The summed E-state index contributed by atoms with van der Waals surface area (Å²) in [6, 6.07) is 9.32. The van der Waals surface area contributed by atoms with Crippen LogP contribution in [0.4, 0.5) is 0 Å². The van der Waals surface area contributed by atoms with Crippen LogP contribution in [0.3, 0.4) is 0 Å². The fraction of sp³-hybridized carbons (Fsp3) is 0.250. The maximum absolute atomic E-state index is 11.3. The number of esters is 1. The molecular weight excluding hydrogens is 224 g/mol. The van der Waals surface area contributed by atoms with Gasteiger partial charge in [-0.25, -0.2) is 4.79 Å². The average molecular weight is 240 g/mol. The molecule has 0 aliphatic carbocycles. The van der Waals surface area contributed by atoms with Gasteiger partial charge >= 0.3 is 5.97 Å². The van der Waals surface area contributed by atoms with Crippen molar-refractivity contribution in [2.45, 2.75) is 20.3 Å². The lowest BCUT2D eigenvalue weighted by Gasteiger charge is -1.93. The molecule has 1 rings (SSSR count). The minimum atomic E-state index is -0.522. The Morgan fingerprint density at radius 2 is 2.06 bits per heavy atom. The molecule has 0 radical (unpaired) electrons. The van der Waals surface area contributed by atoms with Gasteiger partial charge in [-0.1, -0.05) is 31.0 Å². The van der Waals surface area contributed by atoms with Crippen molar-refractivity contribution in [3.63, 3.8) is 0 Å². The van der Waals surface area contributed by atoms with Crippen molar-refractivity contribution in [2.24, 2.45) is 0 Å². The van der Waals surface area contributed by atoms with Crippen LogP contribution < -0.4 is 0 Å². The first-order chi connectivity index (χ1) is 8.72. The molecule has 0 saturated heterocycles. The van der Waals surface area contributed by atoms with Crippen LogP contribution >= 0.6 is 0 Å². The molecule has 92 valence electrons. The minimum absolute atomic E-state index is 0.208. The molecule has 0 bridgehead atoms. The molecule has 0 N–H and O–H groups in total. The number of rotatable bonds is 3. The maximum atomic E-state index is 11.3. The fourth-order valence-electron chi connectivity index (χ4n) is 1.12. The van der Waals surface area contributed by atoms with Crippen LogP contribution in [-0.4, -0.2) is 12.6 Å². The Morgan fingerprint density at radius 1 is 1.33 bits per heavy atom. The van der Waals surface area contributed by atoms with Crippen molar-refractivity contribution in [2.75, 3.05) is 6.61 Å². The van der Waals surface area contributed by atoms with Gasteiger partial charge in [0.25, 0.3) is 0 Å². The monoisotopic (exact) mass is 240 g/mol. The van der Waals surface area contributed by atoms with Gasteiger partial charge in [-0.15, -0.1) is 5.73 Å². The van der Waals surface area contributed by atoms with Gasteiger partial charge in [0.2, 0.25) is 0 Å². The summed E-state index contributed by atoms with van der Waals surface area (Å²) >= 11 is 0. The molecule has 0 aliphatic rings. The van der Waals surface area contributed by atoms with E-state index in [9.17, 15) is 4.79 Å². The van der Waals surface area contributed by atoms with Crippen LogP contribution in [0.25, 0.3) is 0 Å². The van der Waals surface area contributed by atoms with Gasteiger partial charge in [0, 0.05) is 11.5 Å². The molecule has 0 fully saturated rings. The lowest BCUT2D eigenvalue weighted by molar-refractivity contribution is -0.135. The zero-order valence-electron chi connectivity index (χ0n) is 10.7. The van der Waals surface area contributed by atoms with Crippen LogP contribution in [0.1, 0.15) is 25.8 Å². The van der Waals surface area contributed by atoms with Crippen molar-refractivity contribution >= 4 is 5.97 Å². The lowest BCUT2D eigenvalue weighted by atomic mass is 10.2. The summed E-state index contributed by atoms with van der Waals surface area (Å²) in [6.07, 6.45) is 2.64. The summed E-state index contributed by atoms with van der Waals surface area (Å²) in [6.45, 7) is 4.24. The van der Waals surface area contributed by atoms with E-state index in [1.54, 1.807) is 6.08 Å². The summed E-state index contributed by atoms with van der Waals surface area (Å²) in [5.74, 6) is 4.65. The van der Waals surface area contributed by atoms with Gasteiger partial charge in [-0.2, -0.15) is 0 Å². The summed E-state index contributed by atoms with van der Waals surface area (Å²) in [5.41, 5.74) is 4.95. The summed E-state index contributed by atoms with van der Waals surface area (Å²) in [7, 11) is 0. The van der Waals surface area contributed by atoms with Crippen LogP contribution in [0.2, 0.25) is 0 Å². The Hall–Kier alpha value is -2.23. The van der Waals surface area contributed by atoms with Crippen molar-refractivity contribution in [1.82, 2.24) is 0 Å². The SMILES string of the molecule is CCC(C)=C=CCOC(=O)C#Cc1ccccc1. The Kier molecular flexibility index (Phi) is 6.11. The molecule has 0 aromatic heterocycles.